The molecule has 2 rings (SSSR count). The fourth-order valence-electron chi connectivity index (χ4n) is 3.05. The number of rotatable bonds is 3. The van der Waals surface area contributed by atoms with E-state index in [9.17, 15) is 4.39 Å². The molecule has 2 unspecified atom stereocenters. The van der Waals surface area contributed by atoms with Crippen LogP contribution in [0, 0.1) is 36.0 Å². The number of hydrogen-bond donors (Lipinski definition) is 0. The van der Waals surface area contributed by atoms with Crippen molar-refractivity contribution in [3.8, 4) is 12.3 Å². The first-order valence-electron chi connectivity index (χ1n) is 10.8. The summed E-state index contributed by atoms with van der Waals surface area (Å²) in [6.45, 7) is 13.4. The van der Waals surface area contributed by atoms with Gasteiger partial charge < -0.3 is 0 Å². The summed E-state index contributed by atoms with van der Waals surface area (Å²) in [6.07, 6.45) is 20.4. The van der Waals surface area contributed by atoms with Crippen molar-refractivity contribution in [2.45, 2.75) is 99.3 Å². The van der Waals surface area contributed by atoms with Gasteiger partial charge in [0.1, 0.15) is 0 Å². The molecule has 0 nitrogen and oxygen atoms in total. The van der Waals surface area contributed by atoms with Crippen LogP contribution in [-0.2, 0) is 0 Å². The predicted molar refractivity (Wildman–Crippen MR) is 116 cm³/mol. The minimum atomic E-state index is -0.444. The third-order valence-electron chi connectivity index (χ3n) is 5.74. The Labute approximate surface area is 163 Å². The second-order valence-corrected chi connectivity index (χ2v) is 8.74. The van der Waals surface area contributed by atoms with E-state index in [1.54, 1.807) is 5.57 Å². The van der Waals surface area contributed by atoms with Crippen LogP contribution >= 0.6 is 0 Å². The first-order valence-corrected chi connectivity index (χ1v) is 10.8. The molecule has 2 atom stereocenters. The Kier molecular flexibility index (Phi) is 14.5. The summed E-state index contributed by atoms with van der Waals surface area (Å²) in [6, 6.07) is 0. The molecule has 0 aromatic carbocycles. The van der Waals surface area contributed by atoms with Crippen LogP contribution in [0.4, 0.5) is 4.39 Å². The van der Waals surface area contributed by atoms with Crippen LogP contribution in [0.2, 0.25) is 0 Å². The zero-order valence-electron chi connectivity index (χ0n) is 18.3. The van der Waals surface area contributed by atoms with Crippen molar-refractivity contribution in [2.24, 2.45) is 23.7 Å². The Morgan fingerprint density at radius 1 is 1.15 bits per heavy atom. The monoisotopic (exact) mass is 362 g/mol. The molecule has 0 aromatic rings. The van der Waals surface area contributed by atoms with Crippen molar-refractivity contribution in [3.63, 3.8) is 0 Å². The summed E-state index contributed by atoms with van der Waals surface area (Å²) in [4.78, 5) is 0. The van der Waals surface area contributed by atoms with E-state index in [0.717, 1.165) is 30.6 Å². The Morgan fingerprint density at radius 2 is 1.69 bits per heavy atom. The van der Waals surface area contributed by atoms with Crippen molar-refractivity contribution < 1.29 is 4.39 Å². The fraction of sp³-hybridized carbons (Fsp3) is 0.760. The highest BCUT2D eigenvalue weighted by molar-refractivity contribution is 5.17. The minimum Gasteiger partial charge on any atom is -0.197 e. The molecule has 1 heteroatoms. The highest BCUT2D eigenvalue weighted by atomic mass is 19.1. The highest BCUT2D eigenvalue weighted by Gasteiger charge is 2.13. The van der Waals surface area contributed by atoms with Crippen molar-refractivity contribution in [3.05, 3.63) is 23.6 Å². The van der Waals surface area contributed by atoms with Crippen LogP contribution < -0.4 is 0 Å². The average Bonchev–Trinajstić information content (AvgIpc) is 2.65. The summed E-state index contributed by atoms with van der Waals surface area (Å²) >= 11 is 0. The van der Waals surface area contributed by atoms with Gasteiger partial charge in [-0.3, -0.25) is 0 Å². The van der Waals surface area contributed by atoms with E-state index in [4.69, 9.17) is 6.42 Å². The first-order chi connectivity index (χ1) is 12.3. The van der Waals surface area contributed by atoms with E-state index >= 15 is 0 Å². The van der Waals surface area contributed by atoms with Crippen LogP contribution in [0.1, 0.15) is 99.3 Å². The molecule has 2 aliphatic rings. The van der Waals surface area contributed by atoms with E-state index in [-0.39, 0.29) is 0 Å². The van der Waals surface area contributed by atoms with E-state index in [0.29, 0.717) is 5.92 Å². The van der Waals surface area contributed by atoms with E-state index in [1.165, 1.54) is 51.0 Å². The van der Waals surface area contributed by atoms with E-state index < -0.39 is 5.83 Å². The maximum absolute atomic E-state index is 12.3. The Bertz CT molecular complexity index is 433. The SMILES string of the molecule is C#C/C(F)=C\CC(C)CC.CC1=CCC(C)CC1.CC1CCC(C)CC1. The molecule has 0 amide bonds. The summed E-state index contributed by atoms with van der Waals surface area (Å²) in [5.41, 5.74) is 1.59. The lowest BCUT2D eigenvalue weighted by atomic mass is 9.84. The molecule has 0 N–H and O–H groups in total. The molecule has 1 fully saturated rings. The Balaban J connectivity index is 0.000000363. The molecular weight excluding hydrogens is 319 g/mol. The molecule has 26 heavy (non-hydrogen) atoms. The first kappa shape index (κ1) is 25.0. The lowest BCUT2D eigenvalue weighted by Gasteiger charge is -2.22. The molecule has 0 saturated heterocycles. The van der Waals surface area contributed by atoms with Crippen molar-refractivity contribution in [1.29, 1.82) is 0 Å². The molecule has 1 saturated carbocycles. The molecule has 0 radical (unpaired) electrons. The second-order valence-electron chi connectivity index (χ2n) is 8.74. The predicted octanol–water partition coefficient (Wildman–Crippen LogP) is 8.49. The minimum absolute atomic E-state index is 0.444. The lowest BCUT2D eigenvalue weighted by Crippen LogP contribution is -2.08. The Morgan fingerprint density at radius 3 is 2.04 bits per heavy atom. The van der Waals surface area contributed by atoms with E-state index in [1.807, 2.05) is 5.92 Å². The normalized spacial score (nSPS) is 26.9. The van der Waals surface area contributed by atoms with Gasteiger partial charge >= 0.3 is 0 Å². The quantitative estimate of drug-likeness (QED) is 0.349. The third kappa shape index (κ3) is 14.2. The maximum atomic E-state index is 12.3. The van der Waals surface area contributed by atoms with Gasteiger partial charge in [-0.15, -0.1) is 6.42 Å². The largest absolute Gasteiger partial charge is 0.197 e. The number of halogens is 1. The van der Waals surface area contributed by atoms with Crippen molar-refractivity contribution >= 4 is 0 Å². The maximum Gasteiger partial charge on any atom is 0.168 e. The fourth-order valence-corrected chi connectivity index (χ4v) is 3.05. The molecule has 0 heterocycles. The van der Waals surface area contributed by atoms with Crippen LogP contribution in [0.25, 0.3) is 0 Å². The molecule has 0 aliphatic heterocycles. The van der Waals surface area contributed by atoms with Gasteiger partial charge in [0, 0.05) is 0 Å². The molecule has 150 valence electrons. The molecule has 0 bridgehead atoms. The van der Waals surface area contributed by atoms with Gasteiger partial charge in [-0.1, -0.05) is 78.4 Å². The van der Waals surface area contributed by atoms with E-state index in [2.05, 4.69) is 47.6 Å². The Hall–Kier alpha value is -1.03. The van der Waals surface area contributed by atoms with Crippen LogP contribution in [0.15, 0.2) is 23.6 Å². The van der Waals surface area contributed by atoms with Gasteiger partial charge in [-0.25, -0.2) is 0 Å². The molecular formula is C25H43F. The standard InChI is InChI=1S/C9H13F.C8H16.C8H14/c1-4-8(3)6-7-9(10)5-2;2*1-7-3-5-8(2)6-4-7/h2,7-8H,4,6H2,1,3H3;7-8H,3-6H2,1-2H3;3,8H,4-6H2,1-2H3/b9-7+;;. The molecule has 0 aromatic heterocycles. The van der Waals surface area contributed by atoms with Crippen molar-refractivity contribution in [1.82, 2.24) is 0 Å². The van der Waals surface area contributed by atoms with Gasteiger partial charge in [-0.2, -0.15) is 4.39 Å². The summed E-state index contributed by atoms with van der Waals surface area (Å²) < 4.78 is 12.3. The second kappa shape index (κ2) is 15.1. The summed E-state index contributed by atoms with van der Waals surface area (Å²) in [5, 5.41) is 0. The molecule has 0 spiro atoms. The zero-order valence-corrected chi connectivity index (χ0v) is 18.3. The van der Waals surface area contributed by atoms with Gasteiger partial charge in [0.25, 0.3) is 0 Å². The smallest absolute Gasteiger partial charge is 0.168 e. The topological polar surface area (TPSA) is 0 Å². The van der Waals surface area contributed by atoms with Crippen LogP contribution in [0.5, 0.6) is 0 Å². The number of hydrogen-bond acceptors (Lipinski definition) is 0. The van der Waals surface area contributed by atoms with Gasteiger partial charge in [0.15, 0.2) is 5.83 Å². The van der Waals surface area contributed by atoms with Crippen LogP contribution in [0.3, 0.4) is 0 Å². The molecule has 2 aliphatic carbocycles. The summed E-state index contributed by atoms with van der Waals surface area (Å²) in [5.74, 6) is 5.00. The zero-order chi connectivity index (χ0) is 19.9. The van der Waals surface area contributed by atoms with Crippen molar-refractivity contribution in [2.75, 3.05) is 0 Å². The average molecular weight is 363 g/mol. The van der Waals surface area contributed by atoms with Gasteiger partial charge in [0.05, 0.1) is 0 Å². The number of terminal acetylenes is 1. The van der Waals surface area contributed by atoms with Gasteiger partial charge in [0.2, 0.25) is 0 Å². The number of allylic oxidation sites excluding steroid dienone is 4. The van der Waals surface area contributed by atoms with Crippen LogP contribution in [-0.4, -0.2) is 0 Å². The van der Waals surface area contributed by atoms with Gasteiger partial charge in [-0.05, 0) is 68.3 Å². The third-order valence-corrected chi connectivity index (χ3v) is 5.74. The summed E-state index contributed by atoms with van der Waals surface area (Å²) in [7, 11) is 0. The highest BCUT2D eigenvalue weighted by Crippen LogP contribution is 2.27. The lowest BCUT2D eigenvalue weighted by molar-refractivity contribution is 0.308.